The van der Waals surface area contributed by atoms with Crippen molar-refractivity contribution in [1.29, 1.82) is 0 Å². The summed E-state index contributed by atoms with van der Waals surface area (Å²) >= 11 is 0. The fraction of sp³-hybridized carbons (Fsp3) is 0.429. The molecule has 0 aliphatic carbocycles. The van der Waals surface area contributed by atoms with Crippen LogP contribution in [-0.4, -0.2) is 47.8 Å². The molecule has 1 fully saturated rings. The molecule has 0 unspecified atom stereocenters. The van der Waals surface area contributed by atoms with E-state index in [1.54, 1.807) is 24.3 Å². The second-order valence-electron chi connectivity index (χ2n) is 7.02. The number of aryl methyl sites for hydroxylation is 1. The molecule has 1 aliphatic heterocycles. The van der Waals surface area contributed by atoms with Gasteiger partial charge in [0.15, 0.2) is 5.78 Å². The van der Waals surface area contributed by atoms with E-state index in [1.165, 1.54) is 26.2 Å². The van der Waals surface area contributed by atoms with Crippen LogP contribution in [0, 0.1) is 6.92 Å². The van der Waals surface area contributed by atoms with Gasteiger partial charge in [-0.15, -0.1) is 0 Å². The van der Waals surface area contributed by atoms with Gasteiger partial charge in [-0.1, -0.05) is 12.1 Å². The second-order valence-corrected chi connectivity index (χ2v) is 7.02. The smallest absolute Gasteiger partial charge is 0.251 e. The van der Waals surface area contributed by atoms with Gasteiger partial charge in [-0.05, 0) is 45.2 Å². The number of ketones is 1. The normalized spacial score (nSPS) is 13.9. The van der Waals surface area contributed by atoms with Gasteiger partial charge in [0.25, 0.3) is 5.91 Å². The maximum atomic E-state index is 12.2. The Hall–Kier alpha value is -2.96. The molecule has 0 radical (unpaired) electrons. The average molecular weight is 381 g/mol. The zero-order valence-corrected chi connectivity index (χ0v) is 16.5. The predicted octanol–water partition coefficient (Wildman–Crippen LogP) is 2.82. The fourth-order valence-electron chi connectivity index (χ4n) is 3.25. The summed E-state index contributed by atoms with van der Waals surface area (Å²) in [6, 6.07) is 8.64. The van der Waals surface area contributed by atoms with Gasteiger partial charge in [-0.25, -0.2) is 9.97 Å². The maximum Gasteiger partial charge on any atom is 0.251 e. The molecule has 0 spiro atoms. The molecule has 3 rings (SSSR count). The molecule has 7 heteroatoms. The zero-order valence-electron chi connectivity index (χ0n) is 16.5. The molecule has 0 saturated carbocycles. The van der Waals surface area contributed by atoms with E-state index >= 15 is 0 Å². The van der Waals surface area contributed by atoms with Crippen LogP contribution in [0.1, 0.15) is 52.7 Å². The predicted molar refractivity (Wildman–Crippen MR) is 110 cm³/mol. The number of anilines is 2. The van der Waals surface area contributed by atoms with E-state index in [-0.39, 0.29) is 11.7 Å². The highest BCUT2D eigenvalue weighted by molar-refractivity contribution is 5.97. The minimum Gasteiger partial charge on any atom is -0.368 e. The Balaban J connectivity index is 1.50. The number of carbonyl (C=O) groups is 2. The summed E-state index contributed by atoms with van der Waals surface area (Å²) in [4.78, 5) is 34.8. The monoisotopic (exact) mass is 381 g/mol. The number of rotatable bonds is 7. The van der Waals surface area contributed by atoms with Gasteiger partial charge in [-0.2, -0.15) is 0 Å². The molecule has 1 aromatic heterocycles. The number of amides is 1. The van der Waals surface area contributed by atoms with E-state index in [4.69, 9.17) is 0 Å². The summed E-state index contributed by atoms with van der Waals surface area (Å²) in [5, 5.41) is 6.13. The summed E-state index contributed by atoms with van der Waals surface area (Å²) < 4.78 is 0. The Kier molecular flexibility index (Phi) is 6.57. The second kappa shape index (κ2) is 9.30. The molecule has 1 amide bonds. The van der Waals surface area contributed by atoms with Crippen molar-refractivity contribution in [3.8, 4) is 0 Å². The third-order valence-corrected chi connectivity index (χ3v) is 4.77. The van der Waals surface area contributed by atoms with Crippen LogP contribution in [0.5, 0.6) is 0 Å². The molecule has 1 aromatic carbocycles. The van der Waals surface area contributed by atoms with Gasteiger partial charge in [0.05, 0.1) is 0 Å². The third kappa shape index (κ3) is 5.28. The lowest BCUT2D eigenvalue weighted by atomic mass is 10.1. The number of nitrogens with one attached hydrogen (secondary N) is 2. The molecular formula is C21H27N5O2. The molecule has 2 N–H and O–H groups in total. The van der Waals surface area contributed by atoms with Gasteiger partial charge in [0.1, 0.15) is 17.5 Å². The number of piperidine rings is 1. The van der Waals surface area contributed by atoms with Crippen LogP contribution in [0.2, 0.25) is 0 Å². The lowest BCUT2D eigenvalue weighted by molar-refractivity contribution is 0.0953. The van der Waals surface area contributed by atoms with Crippen LogP contribution in [0.3, 0.4) is 0 Å². The molecule has 2 aromatic rings. The maximum absolute atomic E-state index is 12.2. The quantitative estimate of drug-likeness (QED) is 0.566. The van der Waals surface area contributed by atoms with Gasteiger partial charge in [-0.3, -0.25) is 9.59 Å². The molecule has 1 aliphatic rings. The Morgan fingerprint density at radius 3 is 2.36 bits per heavy atom. The van der Waals surface area contributed by atoms with Crippen molar-refractivity contribution in [2.24, 2.45) is 0 Å². The highest BCUT2D eigenvalue weighted by atomic mass is 16.1. The highest BCUT2D eigenvalue weighted by Gasteiger charge is 2.14. The molecule has 148 valence electrons. The summed E-state index contributed by atoms with van der Waals surface area (Å²) in [6.45, 7) is 6.50. The number of hydrogen-bond donors (Lipinski definition) is 2. The van der Waals surface area contributed by atoms with Gasteiger partial charge in [0, 0.05) is 43.4 Å². The summed E-state index contributed by atoms with van der Waals surface area (Å²) in [5.74, 6) is 2.29. The topological polar surface area (TPSA) is 87.2 Å². The lowest BCUT2D eigenvalue weighted by Crippen LogP contribution is -2.31. The molecular weight excluding hydrogens is 354 g/mol. The third-order valence-electron chi connectivity index (χ3n) is 4.77. The highest BCUT2D eigenvalue weighted by Crippen LogP contribution is 2.20. The van der Waals surface area contributed by atoms with E-state index < -0.39 is 0 Å². The van der Waals surface area contributed by atoms with Gasteiger partial charge >= 0.3 is 0 Å². The molecule has 0 bridgehead atoms. The van der Waals surface area contributed by atoms with E-state index in [1.807, 2.05) is 13.0 Å². The van der Waals surface area contributed by atoms with Crippen molar-refractivity contribution >= 4 is 23.3 Å². The van der Waals surface area contributed by atoms with Crippen molar-refractivity contribution in [3.63, 3.8) is 0 Å². The number of nitrogens with zero attached hydrogens (tertiary/aromatic N) is 3. The number of benzene rings is 1. The van der Waals surface area contributed by atoms with Crippen LogP contribution in [-0.2, 0) is 0 Å². The number of Topliss-reactive ketones (excluding diaryl/α,β-unsaturated/α-hetero) is 1. The molecule has 28 heavy (non-hydrogen) atoms. The first-order valence-corrected chi connectivity index (χ1v) is 9.76. The van der Waals surface area contributed by atoms with E-state index in [0.29, 0.717) is 24.2 Å². The fourth-order valence-corrected chi connectivity index (χ4v) is 3.25. The summed E-state index contributed by atoms with van der Waals surface area (Å²) in [6.07, 6.45) is 3.68. The standard InChI is InChI=1S/C21H27N5O2/c1-15(27)17-6-8-18(9-7-17)21(28)23-11-10-22-19-14-20(25-16(2)24-19)26-12-4-3-5-13-26/h6-9,14H,3-5,10-13H2,1-2H3,(H,23,28)(H,22,24,25). The Labute approximate surface area is 165 Å². The van der Waals surface area contributed by atoms with E-state index in [9.17, 15) is 9.59 Å². The summed E-state index contributed by atoms with van der Waals surface area (Å²) in [5.41, 5.74) is 1.14. The van der Waals surface area contributed by atoms with Crippen LogP contribution in [0.15, 0.2) is 30.3 Å². The minimum atomic E-state index is -0.162. The van der Waals surface area contributed by atoms with Crippen LogP contribution in [0.25, 0.3) is 0 Å². The summed E-state index contributed by atoms with van der Waals surface area (Å²) in [7, 11) is 0. The Morgan fingerprint density at radius 2 is 1.68 bits per heavy atom. The first-order valence-electron chi connectivity index (χ1n) is 9.76. The molecule has 0 atom stereocenters. The lowest BCUT2D eigenvalue weighted by Gasteiger charge is -2.28. The minimum absolute atomic E-state index is 0.0137. The molecule has 7 nitrogen and oxygen atoms in total. The van der Waals surface area contributed by atoms with Gasteiger partial charge in [0.2, 0.25) is 0 Å². The Bertz CT molecular complexity index is 829. The van der Waals surface area contributed by atoms with Crippen molar-refractivity contribution < 1.29 is 9.59 Å². The van der Waals surface area contributed by atoms with Crippen molar-refractivity contribution in [2.75, 3.05) is 36.4 Å². The van der Waals surface area contributed by atoms with Crippen LogP contribution in [0.4, 0.5) is 11.6 Å². The van der Waals surface area contributed by atoms with E-state index in [2.05, 4.69) is 25.5 Å². The Morgan fingerprint density at radius 1 is 1.00 bits per heavy atom. The molecule has 2 heterocycles. The van der Waals surface area contributed by atoms with Crippen molar-refractivity contribution in [2.45, 2.75) is 33.1 Å². The SMILES string of the molecule is CC(=O)c1ccc(C(=O)NCCNc2cc(N3CCCCC3)nc(C)n2)cc1. The van der Waals surface area contributed by atoms with Gasteiger partial charge < -0.3 is 15.5 Å². The first kappa shape index (κ1) is 19.8. The van der Waals surface area contributed by atoms with Crippen LogP contribution >= 0.6 is 0 Å². The number of hydrogen-bond acceptors (Lipinski definition) is 6. The number of aromatic nitrogens is 2. The zero-order chi connectivity index (χ0) is 19.9. The number of carbonyl (C=O) groups excluding carboxylic acids is 2. The largest absolute Gasteiger partial charge is 0.368 e. The van der Waals surface area contributed by atoms with Crippen molar-refractivity contribution in [3.05, 3.63) is 47.3 Å². The van der Waals surface area contributed by atoms with Crippen LogP contribution < -0.4 is 15.5 Å². The first-order chi connectivity index (χ1) is 13.5. The van der Waals surface area contributed by atoms with E-state index in [0.717, 1.165) is 30.5 Å². The van der Waals surface area contributed by atoms with Crippen molar-refractivity contribution in [1.82, 2.24) is 15.3 Å². The average Bonchev–Trinajstić information content (AvgIpc) is 2.71. The molecule has 1 saturated heterocycles.